The number of nitro benzene ring substituents is 1. The average molecular weight is 283 g/mol. The second-order valence-electron chi connectivity index (χ2n) is 4.66. The minimum atomic E-state index is -0.438. The van der Waals surface area contributed by atoms with E-state index < -0.39 is 11.1 Å². The molecule has 1 aliphatic rings. The van der Waals surface area contributed by atoms with Crippen molar-refractivity contribution in [1.82, 2.24) is 5.48 Å². The van der Waals surface area contributed by atoms with Crippen LogP contribution in [-0.4, -0.2) is 10.1 Å². The molecule has 3 rings (SSSR count). The normalized spacial score (nSPS) is 16.6. The van der Waals surface area contributed by atoms with Crippen LogP contribution in [0, 0.1) is 10.1 Å². The summed E-state index contributed by atoms with van der Waals surface area (Å²) in [6.07, 6.45) is 3.33. The van der Waals surface area contributed by atoms with E-state index in [1.807, 2.05) is 41.4 Å². The van der Waals surface area contributed by atoms with Crippen molar-refractivity contribution in [1.29, 1.82) is 0 Å². The molecule has 106 valence electrons. The number of nitrogens with one attached hydrogen (secondary N) is 1. The van der Waals surface area contributed by atoms with E-state index in [0.29, 0.717) is 0 Å². The van der Waals surface area contributed by atoms with Crippen molar-refractivity contribution in [2.75, 3.05) is 4.90 Å². The van der Waals surface area contributed by atoms with Gasteiger partial charge in [0.05, 0.1) is 4.92 Å². The molecule has 21 heavy (non-hydrogen) atoms. The molecular weight excluding hydrogens is 270 g/mol. The van der Waals surface area contributed by atoms with Gasteiger partial charge < -0.3 is 10.1 Å². The zero-order valence-electron chi connectivity index (χ0n) is 11.0. The molecule has 0 aliphatic carbocycles. The van der Waals surface area contributed by atoms with Gasteiger partial charge in [0.15, 0.2) is 0 Å². The standard InChI is InChI=1S/C15H13N3O3/c19-16-15-14-4-2-1-3-11(14)9-10-17(15)12-5-7-13(8-6-12)18(20)21/h1-10,15-16,19H. The number of fused-ring (bicyclic) bond motifs is 1. The Kier molecular flexibility index (Phi) is 3.39. The summed E-state index contributed by atoms with van der Waals surface area (Å²) in [5.74, 6) is 0. The van der Waals surface area contributed by atoms with Crippen molar-refractivity contribution < 1.29 is 10.1 Å². The predicted molar refractivity (Wildman–Crippen MR) is 78.7 cm³/mol. The van der Waals surface area contributed by atoms with E-state index in [1.165, 1.54) is 12.1 Å². The highest BCUT2D eigenvalue weighted by Crippen LogP contribution is 2.32. The lowest BCUT2D eigenvalue weighted by atomic mass is 10.0. The first kappa shape index (κ1) is 13.3. The summed E-state index contributed by atoms with van der Waals surface area (Å²) in [6, 6.07) is 13.9. The zero-order valence-corrected chi connectivity index (χ0v) is 11.0. The quantitative estimate of drug-likeness (QED) is 0.668. The summed E-state index contributed by atoms with van der Waals surface area (Å²) in [5.41, 5.74) is 5.02. The monoisotopic (exact) mass is 283 g/mol. The van der Waals surface area contributed by atoms with Gasteiger partial charge in [-0.05, 0) is 29.3 Å². The van der Waals surface area contributed by atoms with Crippen LogP contribution in [0.3, 0.4) is 0 Å². The lowest BCUT2D eigenvalue weighted by Gasteiger charge is -2.33. The van der Waals surface area contributed by atoms with Crippen LogP contribution < -0.4 is 10.4 Å². The molecule has 0 amide bonds. The van der Waals surface area contributed by atoms with Crippen LogP contribution in [0.15, 0.2) is 54.7 Å². The van der Waals surface area contributed by atoms with E-state index in [2.05, 4.69) is 5.48 Å². The number of rotatable bonds is 3. The third-order valence-electron chi connectivity index (χ3n) is 3.46. The first-order valence-corrected chi connectivity index (χ1v) is 6.40. The number of hydrogen-bond acceptors (Lipinski definition) is 5. The van der Waals surface area contributed by atoms with Gasteiger partial charge in [-0.3, -0.25) is 10.1 Å². The summed E-state index contributed by atoms with van der Waals surface area (Å²) >= 11 is 0. The smallest absolute Gasteiger partial charge is 0.269 e. The molecule has 1 aliphatic heterocycles. The highest BCUT2D eigenvalue weighted by atomic mass is 16.6. The summed E-state index contributed by atoms with van der Waals surface area (Å²) < 4.78 is 0. The summed E-state index contributed by atoms with van der Waals surface area (Å²) in [5, 5.41) is 20.2. The molecule has 0 saturated carbocycles. The maximum absolute atomic E-state index is 10.7. The Balaban J connectivity index is 1.97. The molecule has 0 fully saturated rings. The first-order valence-electron chi connectivity index (χ1n) is 6.40. The molecule has 0 spiro atoms. The molecule has 6 nitrogen and oxygen atoms in total. The minimum absolute atomic E-state index is 0.0358. The largest absolute Gasteiger partial charge is 0.326 e. The first-order chi connectivity index (χ1) is 10.2. The molecule has 0 bridgehead atoms. The molecule has 2 aromatic carbocycles. The number of hydroxylamine groups is 1. The number of benzene rings is 2. The van der Waals surface area contributed by atoms with Gasteiger partial charge in [-0.25, -0.2) is 0 Å². The summed E-state index contributed by atoms with van der Waals surface area (Å²) in [7, 11) is 0. The molecule has 2 N–H and O–H groups in total. The van der Waals surface area contributed by atoms with Gasteiger partial charge in [0.2, 0.25) is 0 Å². The molecule has 1 unspecified atom stereocenters. The van der Waals surface area contributed by atoms with Crippen LogP contribution in [0.1, 0.15) is 17.3 Å². The Morgan fingerprint density at radius 2 is 1.86 bits per heavy atom. The molecule has 0 saturated heterocycles. The Hall–Kier alpha value is -2.70. The second-order valence-corrected chi connectivity index (χ2v) is 4.66. The molecule has 1 atom stereocenters. The molecule has 2 aromatic rings. The summed E-state index contributed by atoms with van der Waals surface area (Å²) in [6.45, 7) is 0. The van der Waals surface area contributed by atoms with Gasteiger partial charge in [-0.15, -0.1) is 0 Å². The number of nitro groups is 1. The molecule has 0 aromatic heterocycles. The van der Waals surface area contributed by atoms with Gasteiger partial charge in [0.1, 0.15) is 6.17 Å². The summed E-state index contributed by atoms with van der Waals surface area (Å²) in [4.78, 5) is 12.1. The van der Waals surface area contributed by atoms with Crippen molar-refractivity contribution in [3.63, 3.8) is 0 Å². The SMILES string of the molecule is O=[N+]([O-])c1ccc(N2C=Cc3ccccc3C2NO)cc1. The highest BCUT2D eigenvalue weighted by Gasteiger charge is 2.24. The van der Waals surface area contributed by atoms with Crippen LogP contribution in [0.4, 0.5) is 11.4 Å². The Labute approximate surface area is 121 Å². The predicted octanol–water partition coefficient (Wildman–Crippen LogP) is 3.06. The van der Waals surface area contributed by atoms with E-state index in [0.717, 1.165) is 16.8 Å². The van der Waals surface area contributed by atoms with Gasteiger partial charge >= 0.3 is 0 Å². The molecular formula is C15H13N3O3. The van der Waals surface area contributed by atoms with E-state index in [9.17, 15) is 15.3 Å². The van der Waals surface area contributed by atoms with E-state index in [4.69, 9.17) is 0 Å². The number of hydrogen-bond donors (Lipinski definition) is 2. The van der Waals surface area contributed by atoms with E-state index >= 15 is 0 Å². The Morgan fingerprint density at radius 1 is 1.14 bits per heavy atom. The minimum Gasteiger partial charge on any atom is -0.326 e. The molecule has 0 radical (unpaired) electrons. The fourth-order valence-electron chi connectivity index (χ4n) is 2.42. The number of non-ortho nitro benzene ring substituents is 1. The van der Waals surface area contributed by atoms with Crippen molar-refractivity contribution >= 4 is 17.5 Å². The second kappa shape index (κ2) is 5.35. The average Bonchev–Trinajstić information content (AvgIpc) is 2.53. The van der Waals surface area contributed by atoms with Gasteiger partial charge in [-0.1, -0.05) is 24.3 Å². The van der Waals surface area contributed by atoms with Crippen molar-refractivity contribution in [3.05, 3.63) is 76.0 Å². The Bertz CT molecular complexity index is 698. The van der Waals surface area contributed by atoms with E-state index in [-0.39, 0.29) is 5.69 Å². The Morgan fingerprint density at radius 3 is 2.52 bits per heavy atom. The maximum atomic E-state index is 10.7. The molecule has 6 heteroatoms. The van der Waals surface area contributed by atoms with E-state index in [1.54, 1.807) is 12.1 Å². The fraction of sp³-hybridized carbons (Fsp3) is 0.0667. The van der Waals surface area contributed by atoms with Crippen LogP contribution >= 0.6 is 0 Å². The fourth-order valence-corrected chi connectivity index (χ4v) is 2.42. The lowest BCUT2D eigenvalue weighted by molar-refractivity contribution is -0.384. The number of nitrogens with zero attached hydrogens (tertiary/aromatic N) is 2. The van der Waals surface area contributed by atoms with Gasteiger partial charge in [0.25, 0.3) is 5.69 Å². The van der Waals surface area contributed by atoms with Crippen LogP contribution in [0.2, 0.25) is 0 Å². The number of anilines is 1. The highest BCUT2D eigenvalue weighted by molar-refractivity contribution is 5.66. The van der Waals surface area contributed by atoms with Crippen molar-refractivity contribution in [2.45, 2.75) is 6.17 Å². The zero-order chi connectivity index (χ0) is 14.8. The van der Waals surface area contributed by atoms with Crippen LogP contribution in [-0.2, 0) is 0 Å². The third-order valence-corrected chi connectivity index (χ3v) is 3.46. The van der Waals surface area contributed by atoms with Gasteiger partial charge in [0, 0.05) is 24.0 Å². The third kappa shape index (κ3) is 2.37. The van der Waals surface area contributed by atoms with Crippen LogP contribution in [0.5, 0.6) is 0 Å². The van der Waals surface area contributed by atoms with Crippen LogP contribution in [0.25, 0.3) is 6.08 Å². The van der Waals surface area contributed by atoms with Gasteiger partial charge in [-0.2, -0.15) is 5.48 Å². The van der Waals surface area contributed by atoms with Crippen molar-refractivity contribution in [3.8, 4) is 0 Å². The van der Waals surface area contributed by atoms with Crippen molar-refractivity contribution in [2.24, 2.45) is 0 Å². The lowest BCUT2D eigenvalue weighted by Crippen LogP contribution is -2.35. The maximum Gasteiger partial charge on any atom is 0.269 e. The molecule has 1 heterocycles. The topological polar surface area (TPSA) is 78.6 Å².